The molecule has 7 nitrogen and oxygen atoms in total. The minimum atomic E-state index is -0.990. The number of carbonyl (C=O) groups is 1. The van der Waals surface area contributed by atoms with Gasteiger partial charge < -0.3 is 15.4 Å². The summed E-state index contributed by atoms with van der Waals surface area (Å²) in [6.45, 7) is 3.40. The van der Waals surface area contributed by atoms with Crippen LogP contribution in [0.4, 0.5) is 0 Å². The zero-order valence-electron chi connectivity index (χ0n) is 17.5. The summed E-state index contributed by atoms with van der Waals surface area (Å²) in [5, 5.41) is 10.5. The number of nitrogens with two attached hydrogens (primary N) is 1. The number of nitrogens with zero attached hydrogens (tertiary/aromatic N) is 3. The maximum absolute atomic E-state index is 12.6. The average Bonchev–Trinajstić information content (AvgIpc) is 2.78. The maximum Gasteiger partial charge on any atom is 0.254 e. The number of amides is 1. The molecule has 0 atom stereocenters. The second-order valence-electron chi connectivity index (χ2n) is 7.77. The molecular formula is C25H20N4O3. The molecule has 0 saturated carbocycles. The molecule has 32 heavy (non-hydrogen) atoms. The zero-order chi connectivity index (χ0) is 22.9. The molecule has 7 heteroatoms. The van der Waals surface area contributed by atoms with E-state index >= 15 is 0 Å². The summed E-state index contributed by atoms with van der Waals surface area (Å²) >= 11 is 0. The van der Waals surface area contributed by atoms with Gasteiger partial charge in [0.1, 0.15) is 16.9 Å². The first-order chi connectivity index (χ1) is 15.2. The highest BCUT2D eigenvalue weighted by Crippen LogP contribution is 2.19. The minimum absolute atomic E-state index is 0.116. The number of benzene rings is 1. The van der Waals surface area contributed by atoms with E-state index in [1.54, 1.807) is 55.1 Å². The van der Waals surface area contributed by atoms with Crippen molar-refractivity contribution in [1.82, 2.24) is 14.5 Å². The standard InChI is InChI=1S/C25H20N4O3/c1-25(2,32)17-10-12-27-18(14-17)9-8-16-5-3-6-19(13-16)29-15-21(23(26)31)22(30)20-7-4-11-28-24(20)29/h3-7,10-15,32H,1-2H3,(H2,26,31). The molecule has 0 fully saturated rings. The van der Waals surface area contributed by atoms with Gasteiger partial charge >= 0.3 is 0 Å². The molecule has 0 saturated heterocycles. The highest BCUT2D eigenvalue weighted by molar-refractivity contribution is 5.96. The first kappa shape index (κ1) is 21.0. The lowest BCUT2D eigenvalue weighted by atomic mass is 9.99. The van der Waals surface area contributed by atoms with Gasteiger partial charge in [0, 0.05) is 29.8 Å². The molecule has 3 aromatic heterocycles. The van der Waals surface area contributed by atoms with E-state index < -0.39 is 16.9 Å². The van der Waals surface area contributed by atoms with Crippen molar-refractivity contribution in [2.24, 2.45) is 5.73 Å². The van der Waals surface area contributed by atoms with Crippen LogP contribution >= 0.6 is 0 Å². The second kappa shape index (κ2) is 8.10. The summed E-state index contributed by atoms with van der Waals surface area (Å²) in [5.74, 6) is 5.27. The van der Waals surface area contributed by atoms with E-state index in [1.807, 2.05) is 24.3 Å². The predicted molar refractivity (Wildman–Crippen MR) is 121 cm³/mol. The number of primary amides is 1. The van der Waals surface area contributed by atoms with Crippen molar-refractivity contribution in [3.8, 4) is 17.5 Å². The van der Waals surface area contributed by atoms with Crippen LogP contribution in [0.3, 0.4) is 0 Å². The summed E-state index contributed by atoms with van der Waals surface area (Å²) < 4.78 is 1.65. The Kier molecular flexibility index (Phi) is 5.31. The highest BCUT2D eigenvalue weighted by Gasteiger charge is 2.16. The lowest BCUT2D eigenvalue weighted by Gasteiger charge is -2.17. The minimum Gasteiger partial charge on any atom is -0.386 e. The van der Waals surface area contributed by atoms with Gasteiger partial charge in [0.25, 0.3) is 5.91 Å². The van der Waals surface area contributed by atoms with Crippen LogP contribution in [0, 0.1) is 11.8 Å². The van der Waals surface area contributed by atoms with Crippen LogP contribution in [-0.4, -0.2) is 25.5 Å². The highest BCUT2D eigenvalue weighted by atomic mass is 16.3. The lowest BCUT2D eigenvalue weighted by molar-refractivity contribution is 0.0784. The van der Waals surface area contributed by atoms with Crippen molar-refractivity contribution in [2.75, 3.05) is 0 Å². The van der Waals surface area contributed by atoms with E-state index in [0.29, 0.717) is 28.0 Å². The number of hydrogen-bond acceptors (Lipinski definition) is 5. The predicted octanol–water partition coefficient (Wildman–Crippen LogP) is 2.51. The van der Waals surface area contributed by atoms with Gasteiger partial charge in [0.05, 0.1) is 11.0 Å². The molecule has 0 bridgehead atoms. The molecule has 0 radical (unpaired) electrons. The van der Waals surface area contributed by atoms with E-state index in [9.17, 15) is 14.7 Å². The summed E-state index contributed by atoms with van der Waals surface area (Å²) in [6.07, 6.45) is 4.59. The van der Waals surface area contributed by atoms with Gasteiger partial charge in [-0.15, -0.1) is 0 Å². The van der Waals surface area contributed by atoms with Crippen LogP contribution in [0.5, 0.6) is 0 Å². The molecular weight excluding hydrogens is 404 g/mol. The third-order valence-electron chi connectivity index (χ3n) is 4.95. The van der Waals surface area contributed by atoms with Gasteiger partial charge in [-0.05, 0) is 67.8 Å². The van der Waals surface area contributed by atoms with Crippen LogP contribution in [0.15, 0.2) is 71.9 Å². The van der Waals surface area contributed by atoms with Crippen molar-refractivity contribution >= 4 is 16.9 Å². The molecule has 0 aliphatic carbocycles. The number of fused-ring (bicyclic) bond motifs is 1. The fourth-order valence-electron chi connectivity index (χ4n) is 3.28. The van der Waals surface area contributed by atoms with Crippen molar-refractivity contribution < 1.29 is 9.90 Å². The van der Waals surface area contributed by atoms with E-state index in [2.05, 4.69) is 21.8 Å². The largest absolute Gasteiger partial charge is 0.386 e. The van der Waals surface area contributed by atoms with Crippen LogP contribution in [0.25, 0.3) is 16.7 Å². The molecule has 0 unspecified atom stereocenters. The van der Waals surface area contributed by atoms with Crippen LogP contribution in [0.2, 0.25) is 0 Å². The Morgan fingerprint density at radius 1 is 1.06 bits per heavy atom. The SMILES string of the molecule is CC(C)(O)c1ccnc(C#Cc2cccc(-n3cc(C(N)=O)c(=O)c4cccnc43)c2)c1. The number of aromatic nitrogens is 3. The molecule has 4 rings (SSSR count). The van der Waals surface area contributed by atoms with Gasteiger partial charge in [-0.2, -0.15) is 0 Å². The van der Waals surface area contributed by atoms with E-state index in [4.69, 9.17) is 5.73 Å². The van der Waals surface area contributed by atoms with E-state index in [-0.39, 0.29) is 5.56 Å². The topological polar surface area (TPSA) is 111 Å². The number of carbonyl (C=O) groups excluding carboxylic acids is 1. The molecule has 3 heterocycles. The molecule has 158 valence electrons. The third-order valence-corrected chi connectivity index (χ3v) is 4.95. The Labute approximate surface area is 184 Å². The monoisotopic (exact) mass is 424 g/mol. The summed E-state index contributed by atoms with van der Waals surface area (Å²) in [6, 6.07) is 14.0. The Hall–Kier alpha value is -4.28. The van der Waals surface area contributed by atoms with Gasteiger partial charge in [0.2, 0.25) is 5.43 Å². The van der Waals surface area contributed by atoms with Gasteiger partial charge in [0.15, 0.2) is 0 Å². The van der Waals surface area contributed by atoms with Crippen LogP contribution < -0.4 is 11.2 Å². The molecule has 1 amide bonds. The zero-order valence-corrected chi connectivity index (χ0v) is 17.5. The summed E-state index contributed by atoms with van der Waals surface area (Å²) in [4.78, 5) is 33.0. The molecule has 0 spiro atoms. The maximum atomic E-state index is 12.6. The van der Waals surface area contributed by atoms with Crippen molar-refractivity contribution in [2.45, 2.75) is 19.4 Å². The Morgan fingerprint density at radius 2 is 1.88 bits per heavy atom. The molecule has 4 aromatic rings. The molecule has 0 aliphatic heterocycles. The van der Waals surface area contributed by atoms with Crippen molar-refractivity contribution in [3.63, 3.8) is 0 Å². The van der Waals surface area contributed by atoms with Crippen molar-refractivity contribution in [1.29, 1.82) is 0 Å². The van der Waals surface area contributed by atoms with Crippen LogP contribution in [-0.2, 0) is 5.60 Å². The Bertz CT molecular complexity index is 1470. The molecule has 3 N–H and O–H groups in total. The third kappa shape index (κ3) is 4.13. The number of pyridine rings is 3. The van der Waals surface area contributed by atoms with Gasteiger partial charge in [-0.25, -0.2) is 9.97 Å². The van der Waals surface area contributed by atoms with E-state index in [1.165, 1.54) is 6.20 Å². The average molecular weight is 424 g/mol. The molecule has 0 aliphatic rings. The number of rotatable bonds is 3. The molecule has 1 aromatic carbocycles. The van der Waals surface area contributed by atoms with Gasteiger partial charge in [-0.1, -0.05) is 12.0 Å². The van der Waals surface area contributed by atoms with Crippen LogP contribution in [0.1, 0.15) is 41.0 Å². The number of hydrogen-bond donors (Lipinski definition) is 2. The quantitative estimate of drug-likeness (QED) is 0.491. The Morgan fingerprint density at radius 3 is 2.62 bits per heavy atom. The second-order valence-corrected chi connectivity index (χ2v) is 7.77. The normalized spacial score (nSPS) is 11.1. The summed E-state index contributed by atoms with van der Waals surface area (Å²) in [7, 11) is 0. The first-order valence-corrected chi connectivity index (χ1v) is 9.85. The lowest BCUT2D eigenvalue weighted by Crippen LogP contribution is -2.24. The van der Waals surface area contributed by atoms with E-state index in [0.717, 1.165) is 5.56 Å². The Balaban J connectivity index is 1.80. The fraction of sp³-hybridized carbons (Fsp3) is 0.120. The smallest absolute Gasteiger partial charge is 0.254 e. The van der Waals surface area contributed by atoms with Crippen molar-refractivity contribution in [3.05, 3.63) is 99.7 Å². The number of aliphatic hydroxyl groups is 1. The fourth-order valence-corrected chi connectivity index (χ4v) is 3.28. The van der Waals surface area contributed by atoms with Gasteiger partial charge in [-0.3, -0.25) is 9.59 Å². The first-order valence-electron chi connectivity index (χ1n) is 9.85. The summed E-state index contributed by atoms with van der Waals surface area (Å²) in [5.41, 5.74) is 6.88.